The molecule has 0 saturated heterocycles. The van der Waals surface area contributed by atoms with Crippen LogP contribution in [0.2, 0.25) is 0 Å². The fourth-order valence-electron chi connectivity index (χ4n) is 1.15. The first kappa shape index (κ1) is 11.4. The molecule has 1 atom stereocenters. The molecule has 0 fully saturated rings. The third-order valence-electron chi connectivity index (χ3n) is 1.69. The zero-order valence-electron chi connectivity index (χ0n) is 8.80. The normalized spacial score (nSPS) is 12.4. The molecule has 7 nitrogen and oxygen atoms in total. The van der Waals surface area contributed by atoms with Crippen molar-refractivity contribution >= 4 is 11.7 Å². The van der Waals surface area contributed by atoms with E-state index in [9.17, 15) is 4.79 Å². The summed E-state index contributed by atoms with van der Waals surface area (Å²) in [7, 11) is 1.58. The van der Waals surface area contributed by atoms with Gasteiger partial charge in [-0.15, -0.1) is 5.10 Å². The molecule has 0 aromatic carbocycles. The van der Waals surface area contributed by atoms with Crippen LogP contribution >= 0.6 is 0 Å². The van der Waals surface area contributed by atoms with E-state index in [1.54, 1.807) is 7.11 Å². The van der Waals surface area contributed by atoms with Crippen molar-refractivity contribution in [2.45, 2.75) is 19.5 Å². The van der Waals surface area contributed by atoms with Gasteiger partial charge in [-0.3, -0.25) is 4.79 Å². The Balaban J connectivity index is 2.36. The van der Waals surface area contributed by atoms with Crippen LogP contribution in [-0.2, 0) is 16.1 Å². The van der Waals surface area contributed by atoms with Gasteiger partial charge >= 0.3 is 0 Å². The number of nitrogens with one attached hydrogen (secondary N) is 1. The van der Waals surface area contributed by atoms with Crippen molar-refractivity contribution in [3.8, 4) is 0 Å². The molecular weight excluding hydrogens is 198 g/mol. The first-order valence-electron chi connectivity index (χ1n) is 4.55. The molecule has 1 unspecified atom stereocenters. The van der Waals surface area contributed by atoms with Gasteiger partial charge in [0.2, 0.25) is 5.91 Å². The van der Waals surface area contributed by atoms with Gasteiger partial charge in [-0.25, -0.2) is 4.68 Å². The lowest BCUT2D eigenvalue weighted by atomic mass is 10.3. The van der Waals surface area contributed by atoms with Crippen molar-refractivity contribution in [2.75, 3.05) is 19.5 Å². The zero-order valence-corrected chi connectivity index (χ0v) is 8.80. The summed E-state index contributed by atoms with van der Waals surface area (Å²) in [6.45, 7) is 2.45. The van der Waals surface area contributed by atoms with Crippen LogP contribution in [-0.4, -0.2) is 40.7 Å². The molecule has 15 heavy (non-hydrogen) atoms. The van der Waals surface area contributed by atoms with Crippen molar-refractivity contribution in [1.29, 1.82) is 0 Å². The first-order chi connectivity index (χ1) is 7.11. The van der Waals surface area contributed by atoms with Crippen molar-refractivity contribution in [1.82, 2.24) is 20.3 Å². The van der Waals surface area contributed by atoms with Crippen molar-refractivity contribution in [2.24, 2.45) is 0 Å². The van der Waals surface area contributed by atoms with Gasteiger partial charge in [0.15, 0.2) is 5.82 Å². The van der Waals surface area contributed by atoms with E-state index in [4.69, 9.17) is 10.5 Å². The topological polar surface area (TPSA) is 95.1 Å². The van der Waals surface area contributed by atoms with Crippen LogP contribution in [0.3, 0.4) is 0 Å². The van der Waals surface area contributed by atoms with E-state index >= 15 is 0 Å². The summed E-state index contributed by atoms with van der Waals surface area (Å²) >= 11 is 0. The van der Waals surface area contributed by atoms with E-state index in [0.717, 1.165) is 0 Å². The first-order valence-corrected chi connectivity index (χ1v) is 4.55. The second kappa shape index (κ2) is 5.30. The van der Waals surface area contributed by atoms with E-state index in [1.807, 2.05) is 6.92 Å². The molecule has 1 rings (SSSR count). The predicted molar refractivity (Wildman–Crippen MR) is 53.9 cm³/mol. The molecular formula is C8H15N5O2. The van der Waals surface area contributed by atoms with E-state index in [2.05, 4.69) is 15.6 Å². The number of carbonyl (C=O) groups excluding carboxylic acids is 1. The monoisotopic (exact) mass is 213 g/mol. The maximum atomic E-state index is 11.4. The number of amides is 1. The molecule has 1 heterocycles. The minimum absolute atomic E-state index is 0.0247. The Kier molecular flexibility index (Phi) is 4.04. The molecule has 0 saturated carbocycles. The Morgan fingerprint density at radius 3 is 3.07 bits per heavy atom. The lowest BCUT2D eigenvalue weighted by molar-refractivity contribution is -0.122. The van der Waals surface area contributed by atoms with Crippen LogP contribution in [0, 0.1) is 0 Å². The summed E-state index contributed by atoms with van der Waals surface area (Å²) in [6, 6.07) is -0.0247. The largest absolute Gasteiger partial charge is 0.383 e. The number of nitrogens with zero attached hydrogens (tertiary/aromatic N) is 3. The molecule has 1 aromatic rings. The van der Waals surface area contributed by atoms with Gasteiger partial charge in [-0.05, 0) is 6.92 Å². The van der Waals surface area contributed by atoms with Gasteiger partial charge in [-0.2, -0.15) is 0 Å². The molecule has 0 aliphatic carbocycles. The van der Waals surface area contributed by atoms with E-state index in [-0.39, 0.29) is 18.5 Å². The molecule has 1 aromatic heterocycles. The van der Waals surface area contributed by atoms with Crippen molar-refractivity contribution in [3.05, 3.63) is 6.20 Å². The van der Waals surface area contributed by atoms with E-state index in [1.165, 1.54) is 10.9 Å². The van der Waals surface area contributed by atoms with Crippen molar-refractivity contribution < 1.29 is 9.53 Å². The van der Waals surface area contributed by atoms with Gasteiger partial charge in [0, 0.05) is 13.2 Å². The number of carbonyl (C=O) groups is 1. The van der Waals surface area contributed by atoms with E-state index in [0.29, 0.717) is 12.4 Å². The third kappa shape index (κ3) is 3.94. The van der Waals surface area contributed by atoms with Gasteiger partial charge in [0.25, 0.3) is 0 Å². The molecule has 84 valence electrons. The lowest BCUT2D eigenvalue weighted by Crippen LogP contribution is -2.37. The van der Waals surface area contributed by atoms with Crippen molar-refractivity contribution in [3.63, 3.8) is 0 Å². The number of nitrogen functional groups attached to an aromatic ring is 1. The van der Waals surface area contributed by atoms with Crippen LogP contribution in [0.5, 0.6) is 0 Å². The summed E-state index contributed by atoms with van der Waals surface area (Å²) in [5, 5.41) is 9.97. The number of hydrogen-bond donors (Lipinski definition) is 2. The molecule has 7 heteroatoms. The minimum atomic E-state index is -0.149. The van der Waals surface area contributed by atoms with Crippen LogP contribution in [0.4, 0.5) is 5.82 Å². The lowest BCUT2D eigenvalue weighted by Gasteiger charge is -2.12. The molecule has 0 aliphatic heterocycles. The Bertz CT molecular complexity index is 325. The quantitative estimate of drug-likeness (QED) is 0.655. The number of rotatable bonds is 5. The molecule has 1 amide bonds. The molecule has 3 N–H and O–H groups in total. The molecule has 0 aliphatic rings. The third-order valence-corrected chi connectivity index (χ3v) is 1.69. The second-order valence-electron chi connectivity index (χ2n) is 3.26. The predicted octanol–water partition coefficient (Wildman–Crippen LogP) is -0.989. The highest BCUT2D eigenvalue weighted by atomic mass is 16.5. The number of ether oxygens (including phenoxy) is 1. The average Bonchev–Trinajstić information content (AvgIpc) is 2.51. The molecule has 0 spiro atoms. The van der Waals surface area contributed by atoms with Gasteiger partial charge in [0.1, 0.15) is 6.54 Å². The Labute approximate surface area is 87.6 Å². The fraction of sp³-hybridized carbons (Fsp3) is 0.625. The molecule has 0 radical (unpaired) electrons. The standard InChI is InChI=1S/C8H15N5O2/c1-6(5-15-2)10-8(14)4-13-3-7(9)11-12-13/h3,6H,4-5,9H2,1-2H3,(H,10,14). The van der Waals surface area contributed by atoms with Gasteiger partial charge in [0.05, 0.1) is 12.8 Å². The summed E-state index contributed by atoms with van der Waals surface area (Å²) < 4.78 is 6.27. The smallest absolute Gasteiger partial charge is 0.242 e. The highest BCUT2D eigenvalue weighted by Crippen LogP contribution is 1.92. The van der Waals surface area contributed by atoms with Crippen LogP contribution in [0.1, 0.15) is 6.92 Å². The number of hydrogen-bond acceptors (Lipinski definition) is 5. The minimum Gasteiger partial charge on any atom is -0.383 e. The Hall–Kier alpha value is -1.63. The van der Waals surface area contributed by atoms with Crippen LogP contribution in [0.15, 0.2) is 6.20 Å². The second-order valence-corrected chi connectivity index (χ2v) is 3.26. The maximum absolute atomic E-state index is 11.4. The van der Waals surface area contributed by atoms with Gasteiger partial charge in [-0.1, -0.05) is 5.21 Å². The fourth-order valence-corrected chi connectivity index (χ4v) is 1.15. The highest BCUT2D eigenvalue weighted by Gasteiger charge is 2.08. The SMILES string of the molecule is COCC(C)NC(=O)Cn1cc(N)nn1. The maximum Gasteiger partial charge on any atom is 0.242 e. The van der Waals surface area contributed by atoms with Crippen LogP contribution in [0.25, 0.3) is 0 Å². The van der Waals surface area contributed by atoms with Crippen LogP contribution < -0.4 is 11.1 Å². The molecule has 0 bridgehead atoms. The summed E-state index contributed by atoms with van der Waals surface area (Å²) in [6.07, 6.45) is 1.50. The highest BCUT2D eigenvalue weighted by molar-refractivity contribution is 5.75. The summed E-state index contributed by atoms with van der Waals surface area (Å²) in [4.78, 5) is 11.4. The van der Waals surface area contributed by atoms with Gasteiger partial charge < -0.3 is 15.8 Å². The van der Waals surface area contributed by atoms with E-state index < -0.39 is 0 Å². The summed E-state index contributed by atoms with van der Waals surface area (Å²) in [5.41, 5.74) is 5.36. The number of methoxy groups -OCH3 is 1. The Morgan fingerprint density at radius 1 is 1.80 bits per heavy atom. The number of aromatic nitrogens is 3. The number of nitrogens with two attached hydrogens (primary N) is 1. The average molecular weight is 213 g/mol. The summed E-state index contributed by atoms with van der Waals surface area (Å²) in [5.74, 6) is 0.150. The zero-order chi connectivity index (χ0) is 11.3. The Morgan fingerprint density at radius 2 is 2.53 bits per heavy atom. The number of anilines is 1.